The molecule has 2 heterocycles. The van der Waals surface area contributed by atoms with E-state index in [-0.39, 0.29) is 16.6 Å². The van der Waals surface area contributed by atoms with Crippen molar-refractivity contribution in [3.8, 4) is 0 Å². The van der Waals surface area contributed by atoms with Crippen molar-refractivity contribution in [1.82, 2.24) is 15.0 Å². The van der Waals surface area contributed by atoms with Crippen LogP contribution in [-0.4, -0.2) is 27.1 Å². The van der Waals surface area contributed by atoms with Crippen LogP contribution in [0, 0.1) is 0 Å². The van der Waals surface area contributed by atoms with E-state index in [1.54, 1.807) is 11.3 Å². The number of aryl methyl sites for hydroxylation is 2. The molecule has 0 unspecified atom stereocenters. The molecule has 8 heteroatoms. The summed E-state index contributed by atoms with van der Waals surface area (Å²) in [6.45, 7) is 0. The van der Waals surface area contributed by atoms with E-state index in [0.717, 1.165) is 18.5 Å². The minimum Gasteiger partial charge on any atom is -0.296 e. The van der Waals surface area contributed by atoms with Crippen LogP contribution in [0.2, 0.25) is 5.02 Å². The second kappa shape index (κ2) is 6.93. The van der Waals surface area contributed by atoms with Crippen molar-refractivity contribution in [2.24, 2.45) is 0 Å². The van der Waals surface area contributed by atoms with Gasteiger partial charge < -0.3 is 0 Å². The third-order valence-corrected chi connectivity index (χ3v) is 5.35. The Bertz CT molecular complexity index is 681. The number of aromatic nitrogens is 3. The molecule has 0 atom stereocenters. The summed E-state index contributed by atoms with van der Waals surface area (Å²) in [5.41, 5.74) is 1.31. The van der Waals surface area contributed by atoms with E-state index >= 15 is 0 Å². The quantitative estimate of drug-likeness (QED) is 0.515. The van der Waals surface area contributed by atoms with Gasteiger partial charge in [0.05, 0.1) is 16.9 Å². The predicted octanol–water partition coefficient (Wildman–Crippen LogP) is 3.83. The van der Waals surface area contributed by atoms with Crippen molar-refractivity contribution >= 4 is 45.7 Å². The summed E-state index contributed by atoms with van der Waals surface area (Å²) in [6, 6.07) is 0. The average Bonchev–Trinajstić information content (AvgIpc) is 2.76. The maximum Gasteiger partial charge on any atom is 0.277 e. The molecule has 116 valence electrons. The molecule has 0 fully saturated rings. The molecule has 1 aliphatic rings. The number of nitrogens with one attached hydrogen (secondary N) is 1. The normalized spacial score (nSPS) is 14.3. The summed E-state index contributed by atoms with van der Waals surface area (Å²) in [6.07, 6.45) is 8.95. The van der Waals surface area contributed by atoms with Gasteiger partial charge in [0.15, 0.2) is 16.0 Å². The lowest BCUT2D eigenvalue weighted by Crippen LogP contribution is -2.15. The highest BCUT2D eigenvalue weighted by Crippen LogP contribution is 2.29. The first-order valence-corrected chi connectivity index (χ1v) is 9.45. The van der Waals surface area contributed by atoms with Gasteiger partial charge in [0, 0.05) is 4.88 Å². The van der Waals surface area contributed by atoms with Crippen molar-refractivity contribution in [2.75, 3.05) is 11.6 Å². The van der Waals surface area contributed by atoms with Crippen molar-refractivity contribution in [3.05, 3.63) is 27.5 Å². The summed E-state index contributed by atoms with van der Waals surface area (Å²) >= 11 is 8.94. The fourth-order valence-electron chi connectivity index (χ4n) is 2.35. The third kappa shape index (κ3) is 3.42. The van der Waals surface area contributed by atoms with Gasteiger partial charge in [-0.05, 0) is 31.9 Å². The molecule has 0 radical (unpaired) electrons. The predicted molar refractivity (Wildman–Crippen MR) is 90.1 cm³/mol. The van der Waals surface area contributed by atoms with Gasteiger partial charge in [-0.1, -0.05) is 29.8 Å². The minimum absolute atomic E-state index is 0.186. The van der Waals surface area contributed by atoms with E-state index in [1.165, 1.54) is 42.1 Å². The van der Waals surface area contributed by atoms with Gasteiger partial charge in [0.2, 0.25) is 0 Å². The monoisotopic (exact) mass is 354 g/mol. The summed E-state index contributed by atoms with van der Waals surface area (Å²) < 4.78 is 0. The molecular formula is C14H15ClN4OS2. The highest BCUT2D eigenvalue weighted by atomic mass is 35.5. The smallest absolute Gasteiger partial charge is 0.277 e. The van der Waals surface area contributed by atoms with Crippen LogP contribution in [0.15, 0.2) is 11.4 Å². The van der Waals surface area contributed by atoms with Crippen LogP contribution in [0.25, 0.3) is 0 Å². The molecule has 3 rings (SSSR count). The number of halogens is 1. The number of hydrogen-bond acceptors (Lipinski definition) is 6. The number of anilines is 1. The Kier molecular flexibility index (Phi) is 4.95. The van der Waals surface area contributed by atoms with Crippen LogP contribution >= 0.6 is 34.7 Å². The van der Waals surface area contributed by atoms with Crippen LogP contribution in [0.1, 0.15) is 40.3 Å². The van der Waals surface area contributed by atoms with Gasteiger partial charge in [-0.3, -0.25) is 10.1 Å². The Labute approximate surface area is 141 Å². The van der Waals surface area contributed by atoms with Crippen molar-refractivity contribution in [3.63, 3.8) is 0 Å². The number of amides is 1. The molecule has 5 nitrogen and oxygen atoms in total. The Hall–Kier alpha value is -1.18. The molecule has 2 aromatic rings. The molecule has 0 spiro atoms. The van der Waals surface area contributed by atoms with Crippen LogP contribution in [0.5, 0.6) is 0 Å². The molecule has 1 amide bonds. The lowest BCUT2D eigenvalue weighted by Gasteiger charge is -2.04. The Morgan fingerprint density at radius 2 is 2.14 bits per heavy atom. The fraction of sp³-hybridized carbons (Fsp3) is 0.429. The molecule has 0 bridgehead atoms. The second-order valence-electron chi connectivity index (χ2n) is 4.96. The number of hydrogen-bond donors (Lipinski definition) is 1. The molecule has 0 saturated carbocycles. The second-order valence-corrected chi connectivity index (χ2v) is 7.22. The van der Waals surface area contributed by atoms with Crippen LogP contribution in [0.4, 0.5) is 5.13 Å². The van der Waals surface area contributed by atoms with Gasteiger partial charge >= 0.3 is 0 Å². The van der Waals surface area contributed by atoms with Crippen molar-refractivity contribution in [2.45, 2.75) is 37.3 Å². The number of thioether (sulfide) groups is 1. The number of thiazole rings is 1. The average molecular weight is 355 g/mol. The number of fused-ring (bicyclic) bond motifs is 1. The third-order valence-electron chi connectivity index (χ3n) is 3.44. The van der Waals surface area contributed by atoms with Gasteiger partial charge in [-0.2, -0.15) is 0 Å². The maximum atomic E-state index is 12.4. The Morgan fingerprint density at radius 1 is 1.32 bits per heavy atom. The number of carbonyl (C=O) groups excluding carboxylic acids is 1. The largest absolute Gasteiger partial charge is 0.296 e. The number of nitrogens with zero attached hydrogens (tertiary/aromatic N) is 3. The zero-order chi connectivity index (χ0) is 15.5. The number of rotatable bonds is 3. The van der Waals surface area contributed by atoms with E-state index in [2.05, 4.69) is 20.3 Å². The van der Waals surface area contributed by atoms with Crippen LogP contribution in [-0.2, 0) is 12.8 Å². The van der Waals surface area contributed by atoms with Crippen molar-refractivity contribution < 1.29 is 4.79 Å². The zero-order valence-corrected chi connectivity index (χ0v) is 14.4. The molecule has 0 aromatic carbocycles. The first kappa shape index (κ1) is 15.7. The molecule has 22 heavy (non-hydrogen) atoms. The van der Waals surface area contributed by atoms with E-state index in [1.807, 2.05) is 6.26 Å². The highest BCUT2D eigenvalue weighted by Gasteiger charge is 2.18. The van der Waals surface area contributed by atoms with Gasteiger partial charge in [-0.25, -0.2) is 15.0 Å². The highest BCUT2D eigenvalue weighted by molar-refractivity contribution is 7.98. The molecule has 2 aromatic heterocycles. The van der Waals surface area contributed by atoms with Gasteiger partial charge in [-0.15, -0.1) is 11.3 Å². The Balaban J connectivity index is 1.80. The molecule has 0 aliphatic heterocycles. The van der Waals surface area contributed by atoms with Gasteiger partial charge in [0.25, 0.3) is 5.91 Å². The van der Waals surface area contributed by atoms with Crippen LogP contribution < -0.4 is 5.32 Å². The minimum atomic E-state index is -0.341. The van der Waals surface area contributed by atoms with E-state index in [4.69, 9.17) is 11.6 Å². The van der Waals surface area contributed by atoms with Crippen LogP contribution in [0.3, 0.4) is 0 Å². The van der Waals surface area contributed by atoms with E-state index in [9.17, 15) is 4.79 Å². The molecule has 1 aliphatic carbocycles. The number of carbonyl (C=O) groups is 1. The first-order chi connectivity index (χ1) is 10.7. The summed E-state index contributed by atoms with van der Waals surface area (Å²) in [5, 5.41) is 4.20. The molecular weight excluding hydrogens is 340 g/mol. The summed E-state index contributed by atoms with van der Waals surface area (Å²) in [4.78, 5) is 26.4. The lowest BCUT2D eigenvalue weighted by molar-refractivity contribution is 0.102. The SMILES string of the molecule is CSc1ncc(Cl)c(C(=O)Nc2nc3c(s2)CCCCC3)n1. The Morgan fingerprint density at radius 3 is 2.95 bits per heavy atom. The maximum absolute atomic E-state index is 12.4. The van der Waals surface area contributed by atoms with E-state index < -0.39 is 0 Å². The molecule has 1 N–H and O–H groups in total. The fourth-order valence-corrected chi connectivity index (χ4v) is 3.91. The zero-order valence-electron chi connectivity index (χ0n) is 12.1. The van der Waals surface area contributed by atoms with Crippen molar-refractivity contribution in [1.29, 1.82) is 0 Å². The standard InChI is InChI=1S/C14H15ClN4OS2/c1-21-13-16-7-8(15)11(18-13)12(20)19-14-17-9-5-3-2-4-6-10(9)22-14/h7H,2-6H2,1H3,(H,17,19,20). The topological polar surface area (TPSA) is 67.8 Å². The molecule has 0 saturated heterocycles. The first-order valence-electron chi connectivity index (χ1n) is 7.04. The summed E-state index contributed by atoms with van der Waals surface area (Å²) in [5.74, 6) is -0.341. The summed E-state index contributed by atoms with van der Waals surface area (Å²) in [7, 11) is 0. The van der Waals surface area contributed by atoms with E-state index in [0.29, 0.717) is 10.3 Å². The van der Waals surface area contributed by atoms with Gasteiger partial charge in [0.1, 0.15) is 0 Å². The lowest BCUT2D eigenvalue weighted by atomic mass is 10.2.